The molecule has 1 atom stereocenters. The topological polar surface area (TPSA) is 85.6 Å². The minimum Gasteiger partial charge on any atom is -0.411 e. The van der Waals surface area contributed by atoms with E-state index in [4.69, 9.17) is 9.94 Å². The van der Waals surface area contributed by atoms with Crippen LogP contribution in [0.4, 0.5) is 5.69 Å². The molecule has 2 N–H and O–H groups in total. The molecule has 23 heavy (non-hydrogen) atoms. The van der Waals surface area contributed by atoms with Crippen molar-refractivity contribution < 1.29 is 19.8 Å². The van der Waals surface area contributed by atoms with Gasteiger partial charge in [0.2, 0.25) is 0 Å². The number of anilines is 1. The monoisotopic (exact) mass is 319 g/mol. The van der Waals surface area contributed by atoms with Gasteiger partial charge in [-0.1, -0.05) is 23.4 Å². The van der Waals surface area contributed by atoms with E-state index < -0.39 is 5.60 Å². The molecule has 2 aliphatic heterocycles. The molecule has 0 saturated carbocycles. The average Bonchev–Trinajstić information content (AvgIpc) is 2.78. The number of aliphatic hydroxyl groups is 1. The Morgan fingerprint density at radius 2 is 2.04 bits per heavy atom. The van der Waals surface area contributed by atoms with Crippen LogP contribution in [0.2, 0.25) is 0 Å². The molecule has 1 saturated heterocycles. The predicted octanol–water partition coefficient (Wildman–Crippen LogP) is 0.751. The van der Waals surface area contributed by atoms with Crippen LogP contribution >= 0.6 is 0 Å². The van der Waals surface area contributed by atoms with E-state index in [0.717, 1.165) is 13.1 Å². The molecule has 0 aromatic heterocycles. The maximum atomic E-state index is 12.9. The van der Waals surface area contributed by atoms with Crippen LogP contribution < -0.4 is 4.90 Å². The minimum absolute atomic E-state index is 0.0288. The lowest BCUT2D eigenvalue weighted by Crippen LogP contribution is -2.48. The number of amides is 1. The fourth-order valence-electron chi connectivity index (χ4n) is 3.17. The number of hydrogen-bond donors (Lipinski definition) is 2. The minimum atomic E-state index is -1.68. The highest BCUT2D eigenvalue weighted by molar-refractivity contribution is 6.09. The third kappa shape index (κ3) is 2.83. The van der Waals surface area contributed by atoms with Gasteiger partial charge in [-0.25, -0.2) is 0 Å². The number of rotatable bonds is 4. The van der Waals surface area contributed by atoms with Gasteiger partial charge in [0.05, 0.1) is 31.3 Å². The third-order valence-corrected chi connectivity index (χ3v) is 4.37. The van der Waals surface area contributed by atoms with Gasteiger partial charge in [-0.2, -0.15) is 0 Å². The molecule has 2 aliphatic rings. The molecule has 124 valence electrons. The van der Waals surface area contributed by atoms with E-state index in [0.29, 0.717) is 36.8 Å². The molecule has 0 radical (unpaired) electrons. The number of oxime groups is 1. The fourth-order valence-corrected chi connectivity index (χ4v) is 3.17. The Balaban J connectivity index is 1.91. The molecule has 1 amide bonds. The number of benzene rings is 1. The lowest BCUT2D eigenvalue weighted by molar-refractivity contribution is -0.136. The van der Waals surface area contributed by atoms with Gasteiger partial charge in [0.15, 0.2) is 5.60 Å². The SMILES string of the molecule is C/C(C[C@]1(O)C(=O)N(CN2CCOCC2)c2ccccc21)=N/O. The van der Waals surface area contributed by atoms with Gasteiger partial charge in [-0.05, 0) is 13.0 Å². The lowest BCUT2D eigenvalue weighted by atomic mass is 9.90. The summed E-state index contributed by atoms with van der Waals surface area (Å²) in [5, 5.41) is 23.0. The molecule has 2 heterocycles. The molecular weight excluding hydrogens is 298 g/mol. The summed E-state index contributed by atoms with van der Waals surface area (Å²) in [5.41, 5.74) is -0.110. The fraction of sp³-hybridized carbons (Fsp3) is 0.500. The van der Waals surface area contributed by atoms with Crippen molar-refractivity contribution in [2.75, 3.05) is 37.9 Å². The summed E-state index contributed by atoms with van der Waals surface area (Å²) in [5.74, 6) is -0.381. The highest BCUT2D eigenvalue weighted by atomic mass is 16.5. The smallest absolute Gasteiger partial charge is 0.265 e. The predicted molar refractivity (Wildman–Crippen MR) is 84.6 cm³/mol. The van der Waals surface area contributed by atoms with Crippen molar-refractivity contribution in [2.24, 2.45) is 5.16 Å². The number of nitrogens with zero attached hydrogens (tertiary/aromatic N) is 3. The summed E-state index contributed by atoms with van der Waals surface area (Å²) in [7, 11) is 0. The molecule has 0 unspecified atom stereocenters. The number of ether oxygens (including phenoxy) is 1. The van der Waals surface area contributed by atoms with E-state index in [1.165, 1.54) is 0 Å². The summed E-state index contributed by atoms with van der Waals surface area (Å²) >= 11 is 0. The highest BCUT2D eigenvalue weighted by Crippen LogP contribution is 2.42. The molecule has 0 spiro atoms. The molecule has 7 heteroatoms. The quantitative estimate of drug-likeness (QED) is 0.486. The van der Waals surface area contributed by atoms with E-state index in [-0.39, 0.29) is 12.3 Å². The van der Waals surface area contributed by atoms with Crippen molar-refractivity contribution in [3.63, 3.8) is 0 Å². The van der Waals surface area contributed by atoms with Crippen molar-refractivity contribution in [3.8, 4) is 0 Å². The molecular formula is C16H21N3O4. The highest BCUT2D eigenvalue weighted by Gasteiger charge is 2.50. The molecule has 1 fully saturated rings. The van der Waals surface area contributed by atoms with Crippen LogP contribution in [0.5, 0.6) is 0 Å². The Labute approximate surface area is 134 Å². The molecule has 1 aromatic rings. The van der Waals surface area contributed by atoms with Crippen LogP contribution in [-0.2, 0) is 15.1 Å². The first-order chi connectivity index (χ1) is 11.1. The van der Waals surface area contributed by atoms with Gasteiger partial charge < -0.3 is 15.1 Å². The summed E-state index contributed by atoms with van der Waals surface area (Å²) in [6, 6.07) is 7.21. The molecule has 0 aliphatic carbocycles. The van der Waals surface area contributed by atoms with Crippen molar-refractivity contribution >= 4 is 17.3 Å². The number of morpholine rings is 1. The summed E-state index contributed by atoms with van der Waals surface area (Å²) in [4.78, 5) is 16.6. The normalized spacial score (nSPS) is 25.7. The van der Waals surface area contributed by atoms with Crippen molar-refractivity contribution in [1.29, 1.82) is 0 Å². The largest absolute Gasteiger partial charge is 0.411 e. The van der Waals surface area contributed by atoms with E-state index in [2.05, 4.69) is 10.1 Å². The van der Waals surface area contributed by atoms with Gasteiger partial charge in [-0.15, -0.1) is 0 Å². The number of carbonyl (C=O) groups is 1. The second-order valence-electron chi connectivity index (χ2n) is 5.99. The zero-order valence-electron chi connectivity index (χ0n) is 13.1. The van der Waals surface area contributed by atoms with Gasteiger partial charge in [0, 0.05) is 25.1 Å². The number of hydrogen-bond acceptors (Lipinski definition) is 6. The van der Waals surface area contributed by atoms with Gasteiger partial charge in [0.25, 0.3) is 5.91 Å². The Kier molecular flexibility index (Phi) is 4.34. The van der Waals surface area contributed by atoms with Crippen LogP contribution in [0.25, 0.3) is 0 Å². The lowest BCUT2D eigenvalue weighted by Gasteiger charge is -2.31. The molecule has 7 nitrogen and oxygen atoms in total. The zero-order valence-corrected chi connectivity index (χ0v) is 13.1. The van der Waals surface area contributed by atoms with Crippen molar-refractivity contribution in [2.45, 2.75) is 18.9 Å². The van der Waals surface area contributed by atoms with Crippen LogP contribution in [0, 0.1) is 0 Å². The van der Waals surface area contributed by atoms with E-state index in [1.54, 1.807) is 24.0 Å². The van der Waals surface area contributed by atoms with Crippen LogP contribution in [0.1, 0.15) is 18.9 Å². The maximum Gasteiger partial charge on any atom is 0.265 e. The zero-order chi connectivity index (χ0) is 16.4. The second kappa shape index (κ2) is 6.27. The number of carbonyl (C=O) groups excluding carboxylic acids is 1. The Morgan fingerprint density at radius 3 is 2.74 bits per heavy atom. The molecule has 3 rings (SSSR count). The Morgan fingerprint density at radius 1 is 1.35 bits per heavy atom. The number of fused-ring (bicyclic) bond motifs is 1. The van der Waals surface area contributed by atoms with E-state index in [1.807, 2.05) is 12.1 Å². The summed E-state index contributed by atoms with van der Waals surface area (Å²) in [6.45, 7) is 4.78. The first kappa shape index (κ1) is 15.9. The Hall–Kier alpha value is -1.96. The maximum absolute atomic E-state index is 12.9. The van der Waals surface area contributed by atoms with Gasteiger partial charge in [0.1, 0.15) is 0 Å². The van der Waals surface area contributed by atoms with Gasteiger partial charge >= 0.3 is 0 Å². The van der Waals surface area contributed by atoms with Crippen LogP contribution in [0.3, 0.4) is 0 Å². The van der Waals surface area contributed by atoms with Crippen LogP contribution in [0.15, 0.2) is 29.4 Å². The first-order valence-corrected chi connectivity index (χ1v) is 7.68. The van der Waals surface area contributed by atoms with Crippen molar-refractivity contribution in [3.05, 3.63) is 29.8 Å². The Bertz CT molecular complexity index is 628. The summed E-state index contributed by atoms with van der Waals surface area (Å²) < 4.78 is 5.33. The molecule has 1 aromatic carbocycles. The standard InChI is InChI=1S/C16H21N3O4/c1-12(17-22)10-16(21)13-4-2-3-5-14(13)19(15(16)20)11-18-6-8-23-9-7-18/h2-5,21-22H,6-11H2,1H3/b17-12-/t16-/m1/s1. The van der Waals surface area contributed by atoms with E-state index in [9.17, 15) is 9.90 Å². The first-order valence-electron chi connectivity index (χ1n) is 7.68. The van der Waals surface area contributed by atoms with Crippen LogP contribution in [-0.4, -0.2) is 59.8 Å². The molecule has 0 bridgehead atoms. The van der Waals surface area contributed by atoms with Crippen molar-refractivity contribution in [1.82, 2.24) is 4.90 Å². The summed E-state index contributed by atoms with van der Waals surface area (Å²) in [6.07, 6.45) is -0.0288. The second-order valence-corrected chi connectivity index (χ2v) is 5.99. The van der Waals surface area contributed by atoms with Gasteiger partial charge in [-0.3, -0.25) is 14.6 Å². The number of para-hydroxylation sites is 1. The average molecular weight is 319 g/mol. The van der Waals surface area contributed by atoms with E-state index >= 15 is 0 Å². The third-order valence-electron chi connectivity index (χ3n) is 4.37.